The fraction of sp³-hybridized carbons (Fsp3) is 0.167. The Kier molecular flexibility index (Phi) is 3.24. The zero-order valence-electron chi connectivity index (χ0n) is 8.46. The van der Waals surface area contributed by atoms with E-state index in [2.05, 4.69) is 52.5 Å². The molecule has 2 aromatic rings. The van der Waals surface area contributed by atoms with Crippen LogP contribution in [0.5, 0.6) is 0 Å². The molecule has 0 aliphatic rings. The van der Waals surface area contributed by atoms with Crippen molar-refractivity contribution in [3.8, 4) is 10.4 Å². The van der Waals surface area contributed by atoms with E-state index in [0.717, 1.165) is 4.47 Å². The van der Waals surface area contributed by atoms with Gasteiger partial charge in [-0.1, -0.05) is 23.8 Å². The molecule has 0 spiro atoms. The minimum atomic E-state index is 0.583. The van der Waals surface area contributed by atoms with Gasteiger partial charge < -0.3 is 5.73 Å². The fourth-order valence-corrected chi connectivity index (χ4v) is 3.20. The first-order valence-electron chi connectivity index (χ1n) is 4.75. The number of benzene rings is 1. The summed E-state index contributed by atoms with van der Waals surface area (Å²) in [5.41, 5.74) is 9.46. The number of nitrogens with two attached hydrogens (primary N) is 1. The third-order valence-electron chi connectivity index (χ3n) is 2.35. The van der Waals surface area contributed by atoms with Gasteiger partial charge in [0.2, 0.25) is 0 Å². The van der Waals surface area contributed by atoms with Crippen molar-refractivity contribution in [3.63, 3.8) is 0 Å². The molecule has 1 aromatic heterocycles. The van der Waals surface area contributed by atoms with Crippen LogP contribution in [-0.2, 0) is 6.54 Å². The number of hydrogen-bond donors (Lipinski definition) is 1. The molecule has 2 N–H and O–H groups in total. The number of aryl methyl sites for hydroxylation is 1. The average Bonchev–Trinajstić information content (AvgIpc) is 2.64. The largest absolute Gasteiger partial charge is 0.326 e. The van der Waals surface area contributed by atoms with E-state index in [1.165, 1.54) is 21.6 Å². The molecule has 0 fully saturated rings. The molecule has 0 amide bonds. The van der Waals surface area contributed by atoms with E-state index in [-0.39, 0.29) is 0 Å². The Morgan fingerprint density at radius 1 is 1.33 bits per heavy atom. The minimum Gasteiger partial charge on any atom is -0.326 e. The Bertz CT molecular complexity index is 476. The molecule has 0 aliphatic carbocycles. The Balaban J connectivity index is 2.60. The Hall–Kier alpha value is -0.640. The summed E-state index contributed by atoms with van der Waals surface area (Å²) >= 11 is 5.30. The molecular formula is C12H12BrNS. The summed E-state index contributed by atoms with van der Waals surface area (Å²) < 4.78 is 1.15. The van der Waals surface area contributed by atoms with Crippen LogP contribution in [0.2, 0.25) is 0 Å². The van der Waals surface area contributed by atoms with E-state index in [0.29, 0.717) is 6.54 Å². The van der Waals surface area contributed by atoms with Crippen molar-refractivity contribution in [1.29, 1.82) is 0 Å². The van der Waals surface area contributed by atoms with Crippen molar-refractivity contribution in [1.82, 2.24) is 0 Å². The van der Waals surface area contributed by atoms with Gasteiger partial charge in [-0.15, -0.1) is 11.3 Å². The lowest BCUT2D eigenvalue weighted by Gasteiger charge is -2.07. The molecule has 0 unspecified atom stereocenters. The molecule has 0 radical (unpaired) electrons. The second-order valence-corrected chi connectivity index (χ2v) is 5.23. The van der Waals surface area contributed by atoms with Crippen LogP contribution < -0.4 is 5.73 Å². The van der Waals surface area contributed by atoms with Crippen LogP contribution in [0, 0.1) is 6.92 Å². The van der Waals surface area contributed by atoms with E-state index in [1.54, 1.807) is 11.3 Å². The predicted octanol–water partition coefficient (Wildman–Crippen LogP) is 3.94. The second-order valence-electron chi connectivity index (χ2n) is 3.46. The first-order chi connectivity index (χ1) is 7.22. The fourth-order valence-electron chi connectivity index (χ4n) is 1.57. The standard InChI is InChI=1S/C12H12BrNS/c1-8-2-3-9(7-14)10(6-8)12-11(13)4-5-15-12/h2-6H,7,14H2,1H3. The molecule has 2 rings (SSSR count). The molecule has 1 aromatic carbocycles. The lowest BCUT2D eigenvalue weighted by atomic mass is 10.0. The van der Waals surface area contributed by atoms with Gasteiger partial charge in [0.05, 0.1) is 0 Å². The van der Waals surface area contributed by atoms with Gasteiger partial charge in [0.1, 0.15) is 0 Å². The summed E-state index contributed by atoms with van der Waals surface area (Å²) in [6.45, 7) is 2.69. The van der Waals surface area contributed by atoms with E-state index < -0.39 is 0 Å². The maximum atomic E-state index is 5.75. The quantitative estimate of drug-likeness (QED) is 0.887. The summed E-state index contributed by atoms with van der Waals surface area (Å²) in [7, 11) is 0. The molecule has 0 atom stereocenters. The molecule has 3 heteroatoms. The first kappa shape index (κ1) is 10.9. The molecule has 0 bridgehead atoms. The highest BCUT2D eigenvalue weighted by Gasteiger charge is 2.08. The Morgan fingerprint density at radius 3 is 2.73 bits per heavy atom. The monoisotopic (exact) mass is 281 g/mol. The summed E-state index contributed by atoms with van der Waals surface area (Å²) in [4.78, 5) is 1.26. The maximum Gasteiger partial charge on any atom is 0.0488 e. The normalized spacial score (nSPS) is 10.6. The van der Waals surface area contributed by atoms with E-state index in [4.69, 9.17) is 5.73 Å². The van der Waals surface area contributed by atoms with Crippen LogP contribution in [0.1, 0.15) is 11.1 Å². The summed E-state index contributed by atoms with van der Waals surface area (Å²) in [6, 6.07) is 8.48. The van der Waals surface area contributed by atoms with Crippen molar-refractivity contribution in [2.75, 3.05) is 0 Å². The van der Waals surface area contributed by atoms with Gasteiger partial charge in [-0.3, -0.25) is 0 Å². The number of halogens is 1. The van der Waals surface area contributed by atoms with Crippen LogP contribution in [-0.4, -0.2) is 0 Å². The number of rotatable bonds is 2. The smallest absolute Gasteiger partial charge is 0.0488 e. The zero-order valence-corrected chi connectivity index (χ0v) is 10.9. The molecular weight excluding hydrogens is 270 g/mol. The van der Waals surface area contributed by atoms with Gasteiger partial charge in [-0.05, 0) is 45.4 Å². The van der Waals surface area contributed by atoms with E-state index in [1.807, 2.05) is 0 Å². The van der Waals surface area contributed by atoms with Crippen molar-refractivity contribution in [3.05, 3.63) is 45.2 Å². The van der Waals surface area contributed by atoms with E-state index in [9.17, 15) is 0 Å². The van der Waals surface area contributed by atoms with Gasteiger partial charge in [-0.2, -0.15) is 0 Å². The third-order valence-corrected chi connectivity index (χ3v) is 4.22. The van der Waals surface area contributed by atoms with Crippen molar-refractivity contribution in [2.45, 2.75) is 13.5 Å². The van der Waals surface area contributed by atoms with Gasteiger partial charge >= 0.3 is 0 Å². The Morgan fingerprint density at radius 2 is 2.13 bits per heavy atom. The maximum absolute atomic E-state index is 5.75. The lowest BCUT2D eigenvalue weighted by molar-refractivity contribution is 1.07. The summed E-state index contributed by atoms with van der Waals surface area (Å²) in [5.74, 6) is 0. The van der Waals surface area contributed by atoms with E-state index >= 15 is 0 Å². The minimum absolute atomic E-state index is 0.583. The number of hydrogen-bond acceptors (Lipinski definition) is 2. The van der Waals surface area contributed by atoms with Crippen LogP contribution in [0.15, 0.2) is 34.1 Å². The molecule has 1 nitrogen and oxygen atoms in total. The SMILES string of the molecule is Cc1ccc(CN)c(-c2sccc2Br)c1. The topological polar surface area (TPSA) is 26.0 Å². The van der Waals surface area contributed by atoms with Crippen molar-refractivity contribution >= 4 is 27.3 Å². The first-order valence-corrected chi connectivity index (χ1v) is 6.42. The van der Waals surface area contributed by atoms with Crippen molar-refractivity contribution < 1.29 is 0 Å². The summed E-state index contributed by atoms with van der Waals surface area (Å²) in [5, 5.41) is 2.09. The molecule has 78 valence electrons. The Labute approximate surface area is 102 Å². The third kappa shape index (κ3) is 2.14. The van der Waals surface area contributed by atoms with Gasteiger partial charge in [0, 0.05) is 15.9 Å². The predicted molar refractivity (Wildman–Crippen MR) is 70.1 cm³/mol. The van der Waals surface area contributed by atoms with Gasteiger partial charge in [-0.25, -0.2) is 0 Å². The van der Waals surface area contributed by atoms with Crippen LogP contribution in [0.3, 0.4) is 0 Å². The molecule has 0 saturated carbocycles. The molecule has 0 aliphatic heterocycles. The summed E-state index contributed by atoms with van der Waals surface area (Å²) in [6.07, 6.45) is 0. The van der Waals surface area contributed by atoms with Gasteiger partial charge in [0.15, 0.2) is 0 Å². The molecule has 1 heterocycles. The number of thiophene rings is 1. The zero-order chi connectivity index (χ0) is 10.8. The molecule has 0 saturated heterocycles. The average molecular weight is 282 g/mol. The highest BCUT2D eigenvalue weighted by atomic mass is 79.9. The van der Waals surface area contributed by atoms with Crippen molar-refractivity contribution in [2.24, 2.45) is 5.73 Å². The van der Waals surface area contributed by atoms with Crippen LogP contribution in [0.25, 0.3) is 10.4 Å². The van der Waals surface area contributed by atoms with Crippen LogP contribution >= 0.6 is 27.3 Å². The highest BCUT2D eigenvalue weighted by Crippen LogP contribution is 2.35. The second kappa shape index (κ2) is 4.47. The molecule has 15 heavy (non-hydrogen) atoms. The lowest BCUT2D eigenvalue weighted by Crippen LogP contribution is -1.98. The van der Waals surface area contributed by atoms with Crippen LogP contribution in [0.4, 0.5) is 0 Å². The van der Waals surface area contributed by atoms with Gasteiger partial charge in [0.25, 0.3) is 0 Å². The highest BCUT2D eigenvalue weighted by molar-refractivity contribution is 9.10.